The highest BCUT2D eigenvalue weighted by Gasteiger charge is 2.33. The van der Waals surface area contributed by atoms with Gasteiger partial charge in [-0.15, -0.1) is 0 Å². The molecule has 1 aromatic carbocycles. The van der Waals surface area contributed by atoms with Crippen molar-refractivity contribution in [3.05, 3.63) is 29.3 Å². The number of carbonyl (C=O) groups excluding carboxylic acids is 2. The van der Waals surface area contributed by atoms with Crippen LogP contribution in [-0.2, 0) is 14.3 Å². The number of hydrogen-bond acceptors (Lipinski definition) is 4. The molecule has 0 radical (unpaired) electrons. The zero-order valence-corrected chi connectivity index (χ0v) is 10.2. The van der Waals surface area contributed by atoms with Crippen LogP contribution < -0.4 is 5.32 Å². The van der Waals surface area contributed by atoms with E-state index in [1.54, 1.807) is 6.07 Å². The first kappa shape index (κ1) is 12.3. The fourth-order valence-corrected chi connectivity index (χ4v) is 1.98. The molecule has 0 aromatic heterocycles. The van der Waals surface area contributed by atoms with Crippen LogP contribution in [0.5, 0.6) is 0 Å². The van der Waals surface area contributed by atoms with Crippen LogP contribution >= 0.6 is 0 Å². The molecule has 0 saturated carbocycles. The molecule has 5 heteroatoms. The van der Waals surface area contributed by atoms with Crippen molar-refractivity contribution in [1.29, 1.82) is 5.41 Å². The normalized spacial score (nSPS) is 18.7. The van der Waals surface area contributed by atoms with Crippen LogP contribution in [0.3, 0.4) is 0 Å². The third-order valence-corrected chi connectivity index (χ3v) is 2.84. The van der Waals surface area contributed by atoms with Gasteiger partial charge in [-0.25, -0.2) is 4.79 Å². The van der Waals surface area contributed by atoms with E-state index in [1.807, 2.05) is 19.1 Å². The van der Waals surface area contributed by atoms with Crippen molar-refractivity contribution < 1.29 is 14.3 Å². The Morgan fingerprint density at radius 2 is 2.22 bits per heavy atom. The Bertz CT molecular complexity index is 537. The van der Waals surface area contributed by atoms with Crippen LogP contribution in [0.1, 0.15) is 24.0 Å². The lowest BCUT2D eigenvalue weighted by molar-refractivity contribution is -0.132. The first-order chi connectivity index (χ1) is 8.49. The Morgan fingerprint density at radius 1 is 1.50 bits per heavy atom. The van der Waals surface area contributed by atoms with Gasteiger partial charge in [0.25, 0.3) is 0 Å². The number of aryl methyl sites for hydroxylation is 1. The predicted octanol–water partition coefficient (Wildman–Crippen LogP) is 1.61. The van der Waals surface area contributed by atoms with Gasteiger partial charge in [-0.3, -0.25) is 10.2 Å². The zero-order chi connectivity index (χ0) is 13.3. The van der Waals surface area contributed by atoms with Crippen molar-refractivity contribution >= 4 is 23.3 Å². The van der Waals surface area contributed by atoms with E-state index in [9.17, 15) is 9.59 Å². The quantitative estimate of drug-likeness (QED) is 0.778. The summed E-state index contributed by atoms with van der Waals surface area (Å²) in [6.45, 7) is 3.50. The van der Waals surface area contributed by atoms with Gasteiger partial charge in [0.1, 0.15) is 12.3 Å². The van der Waals surface area contributed by atoms with Crippen LogP contribution in [0.2, 0.25) is 0 Å². The molecule has 1 aliphatic heterocycles. The molecule has 1 aliphatic rings. The molecule has 18 heavy (non-hydrogen) atoms. The lowest BCUT2D eigenvalue weighted by atomic mass is 9.93. The number of cyclic esters (lactones) is 1. The molecule has 1 saturated heterocycles. The largest absolute Gasteiger partial charge is 0.460 e. The summed E-state index contributed by atoms with van der Waals surface area (Å²) < 4.78 is 4.86. The number of esters is 1. The third-order valence-electron chi connectivity index (χ3n) is 2.84. The first-order valence-corrected chi connectivity index (χ1v) is 5.62. The molecule has 1 heterocycles. The molecule has 2 rings (SSSR count). The second kappa shape index (κ2) is 4.60. The van der Waals surface area contributed by atoms with Crippen molar-refractivity contribution in [2.45, 2.75) is 19.8 Å². The maximum Gasteiger partial charge on any atom is 0.352 e. The highest BCUT2D eigenvalue weighted by Crippen LogP contribution is 2.30. The van der Waals surface area contributed by atoms with E-state index in [4.69, 9.17) is 10.1 Å². The fraction of sp³-hybridized carbons (Fsp3) is 0.308. The Labute approximate surface area is 105 Å². The summed E-state index contributed by atoms with van der Waals surface area (Å²) in [5.41, 5.74) is 2.32. The Balaban J connectivity index is 2.42. The highest BCUT2D eigenvalue weighted by molar-refractivity contribution is 6.39. The maximum atomic E-state index is 11.2. The van der Waals surface area contributed by atoms with Gasteiger partial charge in [0.05, 0.1) is 5.92 Å². The molecule has 1 aromatic rings. The molecule has 0 bridgehead atoms. The van der Waals surface area contributed by atoms with Gasteiger partial charge in [-0.2, -0.15) is 0 Å². The molecule has 5 nitrogen and oxygen atoms in total. The van der Waals surface area contributed by atoms with Crippen molar-refractivity contribution in [3.8, 4) is 0 Å². The zero-order valence-electron chi connectivity index (χ0n) is 10.2. The topological polar surface area (TPSA) is 79.2 Å². The van der Waals surface area contributed by atoms with Gasteiger partial charge in [-0.1, -0.05) is 17.7 Å². The smallest absolute Gasteiger partial charge is 0.352 e. The molecule has 94 valence electrons. The SMILES string of the molecule is CC(=O)Nc1ccc(C)cc1[C@@H]1COC(=O)C1=N. The van der Waals surface area contributed by atoms with Crippen molar-refractivity contribution in [3.63, 3.8) is 0 Å². The molecule has 1 amide bonds. The molecular weight excluding hydrogens is 232 g/mol. The lowest BCUT2D eigenvalue weighted by Gasteiger charge is -2.14. The van der Waals surface area contributed by atoms with Gasteiger partial charge >= 0.3 is 5.97 Å². The summed E-state index contributed by atoms with van der Waals surface area (Å²) in [5.74, 6) is -1.17. The average Bonchev–Trinajstić information content (AvgIpc) is 2.62. The fourth-order valence-electron chi connectivity index (χ4n) is 1.98. The van der Waals surface area contributed by atoms with Crippen LogP contribution in [-0.4, -0.2) is 24.2 Å². The molecule has 0 aliphatic carbocycles. The Kier molecular flexibility index (Phi) is 3.14. The molecule has 1 fully saturated rings. The summed E-state index contributed by atoms with van der Waals surface area (Å²) in [7, 11) is 0. The lowest BCUT2D eigenvalue weighted by Crippen LogP contribution is -2.16. The van der Waals surface area contributed by atoms with Crippen LogP contribution in [0.4, 0.5) is 5.69 Å². The van der Waals surface area contributed by atoms with Crippen LogP contribution in [0, 0.1) is 12.3 Å². The first-order valence-electron chi connectivity index (χ1n) is 5.62. The summed E-state index contributed by atoms with van der Waals surface area (Å²) in [6.07, 6.45) is 0. The minimum absolute atomic E-state index is 0.0628. The van der Waals surface area contributed by atoms with Crippen LogP contribution in [0.15, 0.2) is 18.2 Å². The summed E-state index contributed by atoms with van der Waals surface area (Å²) in [4.78, 5) is 22.4. The van der Waals surface area contributed by atoms with E-state index < -0.39 is 11.9 Å². The molecular formula is C13H14N2O3. The number of hydrogen-bond donors (Lipinski definition) is 2. The second-order valence-electron chi connectivity index (χ2n) is 4.34. The summed E-state index contributed by atoms with van der Waals surface area (Å²) >= 11 is 0. The number of anilines is 1. The maximum absolute atomic E-state index is 11.2. The minimum atomic E-state index is -0.588. The molecule has 2 N–H and O–H groups in total. The van der Waals surface area contributed by atoms with Gasteiger partial charge in [-0.05, 0) is 18.6 Å². The van der Waals surface area contributed by atoms with Gasteiger partial charge in [0.2, 0.25) is 5.91 Å². The van der Waals surface area contributed by atoms with E-state index in [0.717, 1.165) is 11.1 Å². The number of benzene rings is 1. The van der Waals surface area contributed by atoms with Gasteiger partial charge in [0, 0.05) is 12.6 Å². The summed E-state index contributed by atoms with van der Waals surface area (Å²) in [6, 6.07) is 5.52. The van der Waals surface area contributed by atoms with E-state index in [2.05, 4.69) is 5.32 Å². The molecule has 0 spiro atoms. The molecule has 0 unspecified atom stereocenters. The van der Waals surface area contributed by atoms with Gasteiger partial charge < -0.3 is 10.1 Å². The van der Waals surface area contributed by atoms with E-state index in [1.165, 1.54) is 6.92 Å². The third kappa shape index (κ3) is 2.25. The predicted molar refractivity (Wildman–Crippen MR) is 66.9 cm³/mol. The minimum Gasteiger partial charge on any atom is -0.460 e. The molecule has 1 atom stereocenters. The van der Waals surface area contributed by atoms with E-state index >= 15 is 0 Å². The number of rotatable bonds is 2. The van der Waals surface area contributed by atoms with Crippen molar-refractivity contribution in [2.24, 2.45) is 0 Å². The number of ether oxygens (including phenoxy) is 1. The Morgan fingerprint density at radius 3 is 2.78 bits per heavy atom. The van der Waals surface area contributed by atoms with Crippen LogP contribution in [0.25, 0.3) is 0 Å². The Hall–Kier alpha value is -2.17. The van der Waals surface area contributed by atoms with Crippen molar-refractivity contribution in [1.82, 2.24) is 0 Å². The van der Waals surface area contributed by atoms with E-state index in [-0.39, 0.29) is 18.2 Å². The highest BCUT2D eigenvalue weighted by atomic mass is 16.5. The standard InChI is InChI=1S/C13H14N2O3/c1-7-3-4-11(15-8(2)16)9(5-7)10-6-18-13(17)12(10)14/h3-5,10,14H,6H2,1-2H3,(H,15,16)/t10-/m0/s1. The monoisotopic (exact) mass is 246 g/mol. The average molecular weight is 246 g/mol. The van der Waals surface area contributed by atoms with Gasteiger partial charge in [0.15, 0.2) is 0 Å². The summed E-state index contributed by atoms with van der Waals surface area (Å²) in [5, 5.41) is 10.4. The second-order valence-corrected chi connectivity index (χ2v) is 4.34. The van der Waals surface area contributed by atoms with E-state index in [0.29, 0.717) is 5.69 Å². The number of carbonyl (C=O) groups is 2. The van der Waals surface area contributed by atoms with Crippen molar-refractivity contribution in [2.75, 3.05) is 11.9 Å². The number of nitrogens with one attached hydrogen (secondary N) is 2. The number of amides is 1.